The fourth-order valence-corrected chi connectivity index (χ4v) is 2.79. The Morgan fingerprint density at radius 1 is 1.50 bits per heavy atom. The third-order valence-electron chi connectivity index (χ3n) is 3.25. The highest BCUT2D eigenvalue weighted by atomic mass is 79.9. The SMILES string of the molecule is COc1cc2nn([C@H]3CNC[C@H]3F)cc2cc1Br. The molecule has 2 heterocycles. The Morgan fingerprint density at radius 3 is 3.00 bits per heavy atom. The van der Waals surface area contributed by atoms with E-state index >= 15 is 0 Å². The molecule has 4 nitrogen and oxygen atoms in total. The molecule has 2 aromatic rings. The zero-order chi connectivity index (χ0) is 12.7. The summed E-state index contributed by atoms with van der Waals surface area (Å²) in [4.78, 5) is 0. The summed E-state index contributed by atoms with van der Waals surface area (Å²) in [7, 11) is 1.61. The molecule has 0 saturated carbocycles. The maximum atomic E-state index is 13.7. The molecule has 18 heavy (non-hydrogen) atoms. The van der Waals surface area contributed by atoms with Crippen molar-refractivity contribution in [3.63, 3.8) is 0 Å². The van der Waals surface area contributed by atoms with Crippen LogP contribution >= 0.6 is 15.9 Å². The van der Waals surface area contributed by atoms with Crippen molar-refractivity contribution in [2.45, 2.75) is 12.2 Å². The van der Waals surface area contributed by atoms with Gasteiger partial charge in [-0.25, -0.2) is 4.39 Å². The lowest BCUT2D eigenvalue weighted by atomic mass is 10.2. The maximum absolute atomic E-state index is 13.7. The molecule has 0 spiro atoms. The normalized spacial score (nSPS) is 23.7. The molecule has 0 aliphatic carbocycles. The third kappa shape index (κ3) is 1.89. The Bertz CT molecular complexity index is 586. The molecule has 2 atom stereocenters. The summed E-state index contributed by atoms with van der Waals surface area (Å²) < 4.78 is 21.5. The number of hydrogen-bond donors (Lipinski definition) is 1. The molecule has 1 aromatic carbocycles. The molecule has 0 bridgehead atoms. The number of methoxy groups -OCH3 is 1. The third-order valence-corrected chi connectivity index (χ3v) is 3.87. The number of hydrogen-bond acceptors (Lipinski definition) is 3. The highest BCUT2D eigenvalue weighted by molar-refractivity contribution is 9.10. The molecular formula is C12H13BrFN3O. The van der Waals surface area contributed by atoms with Gasteiger partial charge in [-0.3, -0.25) is 4.68 Å². The van der Waals surface area contributed by atoms with Crippen LogP contribution in [0.15, 0.2) is 22.8 Å². The summed E-state index contributed by atoms with van der Waals surface area (Å²) >= 11 is 3.43. The van der Waals surface area contributed by atoms with Gasteiger partial charge in [-0.05, 0) is 22.0 Å². The second kappa shape index (κ2) is 4.51. The number of nitrogens with zero attached hydrogens (tertiary/aromatic N) is 2. The fraction of sp³-hybridized carbons (Fsp3) is 0.417. The number of alkyl halides is 1. The molecule has 1 aliphatic rings. The molecule has 6 heteroatoms. The smallest absolute Gasteiger partial charge is 0.136 e. The van der Waals surface area contributed by atoms with E-state index in [1.54, 1.807) is 11.8 Å². The van der Waals surface area contributed by atoms with Crippen molar-refractivity contribution >= 4 is 26.8 Å². The minimum absolute atomic E-state index is 0.220. The van der Waals surface area contributed by atoms with E-state index in [0.29, 0.717) is 13.1 Å². The van der Waals surface area contributed by atoms with Crippen molar-refractivity contribution < 1.29 is 9.13 Å². The Balaban J connectivity index is 2.05. The lowest BCUT2D eigenvalue weighted by Crippen LogP contribution is -2.18. The summed E-state index contributed by atoms with van der Waals surface area (Å²) in [5, 5.41) is 8.43. The molecule has 0 unspecified atom stereocenters. The van der Waals surface area contributed by atoms with E-state index < -0.39 is 6.17 Å². The first-order valence-electron chi connectivity index (χ1n) is 5.76. The largest absolute Gasteiger partial charge is 0.495 e. The van der Waals surface area contributed by atoms with E-state index in [2.05, 4.69) is 26.3 Å². The molecule has 0 amide bonds. The molecule has 1 saturated heterocycles. The standard InChI is InChI=1S/C12H13BrFN3O/c1-18-12-3-10-7(2-8(12)13)6-17(16-10)11-5-15-4-9(11)14/h2-3,6,9,11,15H,4-5H2,1H3/t9-,11+/m1/s1. The van der Waals surface area contributed by atoms with Gasteiger partial charge in [-0.15, -0.1) is 0 Å². The van der Waals surface area contributed by atoms with Crippen LogP contribution < -0.4 is 10.1 Å². The first-order chi connectivity index (χ1) is 8.69. The highest BCUT2D eigenvalue weighted by Crippen LogP contribution is 2.30. The second-order valence-corrected chi connectivity index (χ2v) is 5.25. The van der Waals surface area contributed by atoms with Crippen molar-refractivity contribution in [3.05, 3.63) is 22.8 Å². The Morgan fingerprint density at radius 2 is 2.33 bits per heavy atom. The zero-order valence-corrected chi connectivity index (χ0v) is 11.4. The molecule has 1 N–H and O–H groups in total. The molecule has 96 valence electrons. The van der Waals surface area contributed by atoms with E-state index in [0.717, 1.165) is 21.1 Å². The Hall–Kier alpha value is -1.14. The van der Waals surface area contributed by atoms with Crippen LogP contribution in [0.2, 0.25) is 0 Å². The van der Waals surface area contributed by atoms with Gasteiger partial charge < -0.3 is 10.1 Å². The van der Waals surface area contributed by atoms with Gasteiger partial charge in [0.15, 0.2) is 0 Å². The van der Waals surface area contributed by atoms with E-state index in [4.69, 9.17) is 4.74 Å². The second-order valence-electron chi connectivity index (χ2n) is 4.40. The molecule has 0 radical (unpaired) electrons. The van der Waals surface area contributed by atoms with Crippen LogP contribution in [0.4, 0.5) is 4.39 Å². The van der Waals surface area contributed by atoms with Gasteiger partial charge in [0.25, 0.3) is 0 Å². The van der Waals surface area contributed by atoms with Gasteiger partial charge in [0.05, 0.1) is 23.1 Å². The first kappa shape index (κ1) is 11.9. The first-order valence-corrected chi connectivity index (χ1v) is 6.55. The molecule has 1 fully saturated rings. The molecular weight excluding hydrogens is 301 g/mol. The topological polar surface area (TPSA) is 39.1 Å². The van der Waals surface area contributed by atoms with Crippen LogP contribution in [-0.4, -0.2) is 36.2 Å². The minimum Gasteiger partial charge on any atom is -0.495 e. The van der Waals surface area contributed by atoms with Gasteiger partial charge in [0.2, 0.25) is 0 Å². The number of aromatic nitrogens is 2. The predicted molar refractivity (Wildman–Crippen MR) is 70.8 cm³/mol. The van der Waals surface area contributed by atoms with Crippen LogP contribution in [0.3, 0.4) is 0 Å². The minimum atomic E-state index is -0.885. The summed E-state index contributed by atoms with van der Waals surface area (Å²) in [5.41, 5.74) is 0.814. The number of fused-ring (bicyclic) bond motifs is 1. The van der Waals surface area contributed by atoms with Gasteiger partial charge in [-0.2, -0.15) is 5.10 Å². The van der Waals surface area contributed by atoms with Gasteiger partial charge >= 0.3 is 0 Å². The van der Waals surface area contributed by atoms with Gasteiger partial charge in [-0.1, -0.05) is 0 Å². The van der Waals surface area contributed by atoms with Crippen LogP contribution in [0.5, 0.6) is 5.75 Å². The summed E-state index contributed by atoms with van der Waals surface area (Å²) in [6, 6.07) is 3.57. The fourth-order valence-electron chi connectivity index (χ4n) is 2.26. The van der Waals surface area contributed by atoms with Crippen molar-refractivity contribution in [1.82, 2.24) is 15.1 Å². The Kier molecular flexibility index (Phi) is 2.99. The van der Waals surface area contributed by atoms with E-state index in [1.165, 1.54) is 0 Å². The van der Waals surface area contributed by atoms with Gasteiger partial charge in [0, 0.05) is 30.7 Å². The maximum Gasteiger partial charge on any atom is 0.136 e. The average molecular weight is 314 g/mol. The van der Waals surface area contributed by atoms with E-state index in [-0.39, 0.29) is 6.04 Å². The summed E-state index contributed by atoms with van der Waals surface area (Å²) in [5.74, 6) is 0.731. The Labute approximate surface area is 112 Å². The summed E-state index contributed by atoms with van der Waals surface area (Å²) in [6.07, 6.45) is 0.994. The summed E-state index contributed by atoms with van der Waals surface area (Å²) in [6.45, 7) is 1.02. The number of rotatable bonds is 2. The lowest BCUT2D eigenvalue weighted by molar-refractivity contribution is 0.271. The number of halogens is 2. The van der Waals surface area contributed by atoms with Crippen molar-refractivity contribution in [1.29, 1.82) is 0 Å². The number of ether oxygens (including phenoxy) is 1. The van der Waals surface area contributed by atoms with Crippen LogP contribution in [0.1, 0.15) is 6.04 Å². The van der Waals surface area contributed by atoms with Crippen molar-refractivity contribution in [2.24, 2.45) is 0 Å². The molecule has 1 aromatic heterocycles. The lowest BCUT2D eigenvalue weighted by Gasteiger charge is -2.11. The van der Waals surface area contributed by atoms with E-state index in [1.807, 2.05) is 18.3 Å². The molecule has 1 aliphatic heterocycles. The van der Waals surface area contributed by atoms with Crippen LogP contribution in [0, 0.1) is 0 Å². The van der Waals surface area contributed by atoms with Crippen LogP contribution in [0.25, 0.3) is 10.9 Å². The van der Waals surface area contributed by atoms with Crippen molar-refractivity contribution in [3.8, 4) is 5.75 Å². The predicted octanol–water partition coefficient (Wildman–Crippen LogP) is 2.29. The number of benzene rings is 1. The van der Waals surface area contributed by atoms with E-state index in [9.17, 15) is 4.39 Å². The van der Waals surface area contributed by atoms with Crippen LogP contribution in [-0.2, 0) is 0 Å². The van der Waals surface area contributed by atoms with Gasteiger partial charge in [0.1, 0.15) is 11.9 Å². The van der Waals surface area contributed by atoms with Crippen molar-refractivity contribution in [2.75, 3.05) is 20.2 Å². The monoisotopic (exact) mass is 313 g/mol. The number of nitrogens with one attached hydrogen (secondary N) is 1. The molecule has 3 rings (SSSR count). The average Bonchev–Trinajstić information content (AvgIpc) is 2.93. The zero-order valence-electron chi connectivity index (χ0n) is 9.86. The quantitative estimate of drug-likeness (QED) is 0.924. The highest BCUT2D eigenvalue weighted by Gasteiger charge is 2.29.